The van der Waals surface area contributed by atoms with Gasteiger partial charge in [-0.1, -0.05) is 13.8 Å². The van der Waals surface area contributed by atoms with Crippen molar-refractivity contribution in [2.75, 3.05) is 6.54 Å². The first kappa shape index (κ1) is 24.3. The maximum atomic E-state index is 12.4. The van der Waals surface area contributed by atoms with Crippen molar-refractivity contribution in [2.45, 2.75) is 57.7 Å². The average Bonchev–Trinajstić information content (AvgIpc) is 2.58. The second-order valence-corrected chi connectivity index (χ2v) is 6.43. The predicted molar refractivity (Wildman–Crippen MR) is 98.4 cm³/mol. The van der Waals surface area contributed by atoms with Crippen molar-refractivity contribution in [1.29, 1.82) is 5.41 Å². The van der Waals surface area contributed by atoms with Crippen LogP contribution < -0.4 is 27.4 Å². The van der Waals surface area contributed by atoms with Crippen molar-refractivity contribution < 1.29 is 24.3 Å². The van der Waals surface area contributed by atoms with Gasteiger partial charge in [-0.15, -0.1) is 0 Å². The monoisotopic (exact) mass is 385 g/mol. The van der Waals surface area contributed by atoms with Gasteiger partial charge in [0.1, 0.15) is 6.04 Å². The van der Waals surface area contributed by atoms with Gasteiger partial charge in [-0.3, -0.25) is 24.6 Å². The molecule has 0 spiro atoms. The zero-order valence-electron chi connectivity index (χ0n) is 15.6. The van der Waals surface area contributed by atoms with Gasteiger partial charge in [0.25, 0.3) is 0 Å². The van der Waals surface area contributed by atoms with Gasteiger partial charge in [-0.25, -0.2) is 0 Å². The maximum Gasteiger partial charge on any atom is 0.303 e. The average molecular weight is 385 g/mol. The number of guanidine groups is 1. The van der Waals surface area contributed by atoms with E-state index in [1.165, 1.54) is 0 Å². The van der Waals surface area contributed by atoms with E-state index in [9.17, 15) is 19.2 Å². The summed E-state index contributed by atoms with van der Waals surface area (Å²) >= 11 is 0. The van der Waals surface area contributed by atoms with E-state index in [1.807, 2.05) is 0 Å². The lowest BCUT2D eigenvalue weighted by Gasteiger charge is -2.24. The number of hydrogen-bond donors (Lipinski definition) is 7. The highest BCUT2D eigenvalue weighted by Crippen LogP contribution is 2.05. The molecule has 2 amide bonds. The van der Waals surface area contributed by atoms with Crippen LogP contribution in [0.25, 0.3) is 0 Å². The molecule has 0 aromatic heterocycles. The van der Waals surface area contributed by atoms with Crippen molar-refractivity contribution in [1.82, 2.24) is 16.0 Å². The molecule has 0 rings (SSSR count). The van der Waals surface area contributed by atoms with Crippen molar-refractivity contribution in [3.63, 3.8) is 0 Å². The molecular formula is C16H29N6O5. The van der Waals surface area contributed by atoms with E-state index in [4.69, 9.17) is 22.0 Å². The third-order valence-corrected chi connectivity index (χ3v) is 3.70. The van der Waals surface area contributed by atoms with Crippen molar-refractivity contribution in [2.24, 2.45) is 17.4 Å². The Balaban J connectivity index is 4.65. The van der Waals surface area contributed by atoms with Gasteiger partial charge in [0, 0.05) is 13.0 Å². The molecule has 153 valence electrons. The van der Waals surface area contributed by atoms with Crippen LogP contribution >= 0.6 is 0 Å². The molecule has 11 heteroatoms. The number of carboxylic acid groups (broad SMARTS) is 1. The maximum absolute atomic E-state index is 12.4. The summed E-state index contributed by atoms with van der Waals surface area (Å²) in [6, 6.07) is -2.86. The second-order valence-electron chi connectivity index (χ2n) is 6.43. The molecule has 0 saturated carbocycles. The van der Waals surface area contributed by atoms with Crippen LogP contribution in [0, 0.1) is 11.3 Å². The lowest BCUT2D eigenvalue weighted by atomic mass is 10.0. The molecule has 27 heavy (non-hydrogen) atoms. The number of nitrogens with two attached hydrogens (primary N) is 2. The Morgan fingerprint density at radius 3 is 2.26 bits per heavy atom. The van der Waals surface area contributed by atoms with Gasteiger partial charge < -0.3 is 32.5 Å². The Morgan fingerprint density at radius 2 is 1.78 bits per heavy atom. The van der Waals surface area contributed by atoms with E-state index in [0.717, 1.165) is 0 Å². The molecule has 0 aliphatic carbocycles. The minimum atomic E-state index is -1.09. The largest absolute Gasteiger partial charge is 0.481 e. The molecule has 0 aromatic rings. The molecule has 0 bridgehead atoms. The Kier molecular flexibility index (Phi) is 11.4. The van der Waals surface area contributed by atoms with Gasteiger partial charge in [0.2, 0.25) is 18.1 Å². The summed E-state index contributed by atoms with van der Waals surface area (Å²) in [6.07, 6.45) is 2.03. The fraction of sp³-hybridized carbons (Fsp3) is 0.688. The highest BCUT2D eigenvalue weighted by atomic mass is 16.4. The summed E-state index contributed by atoms with van der Waals surface area (Å²) in [6.45, 7) is 3.82. The van der Waals surface area contributed by atoms with E-state index in [1.54, 1.807) is 20.1 Å². The molecule has 0 aliphatic heterocycles. The SMILES string of the molecule is CC(C)[C@H](NC(=O)[C@@H](N)CCCNC(=N)N)C(=O)N[C@H]([C]=O)CCC(=O)O. The molecule has 0 aromatic carbocycles. The molecular weight excluding hydrogens is 356 g/mol. The van der Waals surface area contributed by atoms with Gasteiger partial charge in [0.15, 0.2) is 5.96 Å². The van der Waals surface area contributed by atoms with Gasteiger partial charge in [-0.2, -0.15) is 0 Å². The molecule has 0 heterocycles. The Hall–Kier alpha value is -2.69. The van der Waals surface area contributed by atoms with Gasteiger partial charge >= 0.3 is 5.97 Å². The topological polar surface area (TPSA) is 200 Å². The molecule has 1 radical (unpaired) electrons. The number of nitrogens with one attached hydrogen (secondary N) is 4. The van der Waals surface area contributed by atoms with Crippen LogP contribution in [-0.4, -0.2) is 59.8 Å². The fourth-order valence-corrected chi connectivity index (χ4v) is 2.16. The Morgan fingerprint density at radius 1 is 1.15 bits per heavy atom. The molecule has 0 fully saturated rings. The van der Waals surface area contributed by atoms with Crippen LogP contribution in [0.15, 0.2) is 0 Å². The van der Waals surface area contributed by atoms with Crippen LogP contribution in [0.3, 0.4) is 0 Å². The lowest BCUT2D eigenvalue weighted by Crippen LogP contribution is -2.55. The van der Waals surface area contributed by atoms with Crippen LogP contribution in [-0.2, 0) is 19.2 Å². The summed E-state index contributed by atoms with van der Waals surface area (Å²) in [5, 5.41) is 23.2. The number of carbonyl (C=O) groups is 3. The van der Waals surface area contributed by atoms with Crippen molar-refractivity contribution >= 4 is 30.0 Å². The zero-order chi connectivity index (χ0) is 21.0. The molecule has 11 nitrogen and oxygen atoms in total. The van der Waals surface area contributed by atoms with Crippen LogP contribution in [0.5, 0.6) is 0 Å². The summed E-state index contributed by atoms with van der Waals surface area (Å²) in [5.74, 6) is -2.68. The third-order valence-electron chi connectivity index (χ3n) is 3.70. The highest BCUT2D eigenvalue weighted by Gasteiger charge is 2.28. The Bertz CT molecular complexity index is 539. The Labute approximate surface area is 158 Å². The summed E-state index contributed by atoms with van der Waals surface area (Å²) in [4.78, 5) is 46.0. The lowest BCUT2D eigenvalue weighted by molar-refractivity contribution is -0.137. The fourth-order valence-electron chi connectivity index (χ4n) is 2.16. The highest BCUT2D eigenvalue weighted by molar-refractivity contribution is 5.91. The number of carbonyl (C=O) groups excluding carboxylic acids is 3. The predicted octanol–water partition coefficient (Wildman–Crippen LogP) is -1.82. The minimum Gasteiger partial charge on any atom is -0.481 e. The molecule has 9 N–H and O–H groups in total. The summed E-state index contributed by atoms with van der Waals surface area (Å²) < 4.78 is 0. The molecule has 0 unspecified atom stereocenters. The third kappa shape index (κ3) is 10.8. The van der Waals surface area contributed by atoms with E-state index >= 15 is 0 Å². The number of hydrogen-bond acceptors (Lipinski definition) is 6. The first-order valence-corrected chi connectivity index (χ1v) is 8.62. The number of carboxylic acids is 1. The van der Waals surface area contributed by atoms with Crippen LogP contribution in [0.1, 0.15) is 39.5 Å². The van der Waals surface area contributed by atoms with Gasteiger partial charge in [0.05, 0.1) is 12.1 Å². The van der Waals surface area contributed by atoms with Crippen LogP contribution in [0.2, 0.25) is 0 Å². The van der Waals surface area contributed by atoms with E-state index in [2.05, 4.69) is 16.0 Å². The smallest absolute Gasteiger partial charge is 0.303 e. The van der Waals surface area contributed by atoms with Crippen LogP contribution in [0.4, 0.5) is 0 Å². The van der Waals surface area contributed by atoms with Crippen molar-refractivity contribution in [3.05, 3.63) is 0 Å². The van der Waals surface area contributed by atoms with E-state index < -0.39 is 35.9 Å². The van der Waals surface area contributed by atoms with E-state index in [0.29, 0.717) is 19.4 Å². The second kappa shape index (κ2) is 12.6. The summed E-state index contributed by atoms with van der Waals surface area (Å²) in [5.41, 5.74) is 11.0. The molecule has 0 aliphatic rings. The minimum absolute atomic E-state index is 0.0913. The zero-order valence-corrected chi connectivity index (χ0v) is 15.6. The normalized spacial score (nSPS) is 13.9. The van der Waals surface area contributed by atoms with Gasteiger partial charge in [-0.05, 0) is 25.2 Å². The summed E-state index contributed by atoms with van der Waals surface area (Å²) in [7, 11) is 0. The molecule has 3 atom stereocenters. The van der Waals surface area contributed by atoms with E-state index in [-0.39, 0.29) is 24.7 Å². The standard InChI is InChI=1S/C16H29N6O5/c1-9(2)13(15(27)21-10(8-23)5-6-12(24)25)22-14(26)11(17)4-3-7-20-16(18)19/h9-11,13H,3-7,17H2,1-2H3,(H,21,27)(H,22,26)(H,24,25)(H4,18,19,20)/t10-,11-,13-/m0/s1. The molecule has 0 saturated heterocycles. The first-order valence-electron chi connectivity index (χ1n) is 8.62. The van der Waals surface area contributed by atoms with Crippen molar-refractivity contribution in [3.8, 4) is 0 Å². The number of amides is 2. The quantitative estimate of drug-likeness (QED) is 0.109. The number of rotatable bonds is 13. The first-order chi connectivity index (χ1) is 12.6. The number of aliphatic carboxylic acids is 1.